The molecule has 0 aliphatic heterocycles. The van der Waals surface area contributed by atoms with E-state index in [9.17, 15) is 0 Å². The normalized spacial score (nSPS) is 11.3. The van der Waals surface area contributed by atoms with Crippen LogP contribution in [0.15, 0.2) is 88.5 Å². The summed E-state index contributed by atoms with van der Waals surface area (Å²) in [7, 11) is 0. The number of hydrogen-bond acceptors (Lipinski definition) is 4. The van der Waals surface area contributed by atoms with E-state index in [0.29, 0.717) is 0 Å². The van der Waals surface area contributed by atoms with E-state index in [1.807, 2.05) is 48.0 Å². The highest BCUT2D eigenvalue weighted by atomic mass is 32.1. The zero-order chi connectivity index (χ0) is 15.5. The van der Waals surface area contributed by atoms with E-state index in [-0.39, 0.29) is 0 Å². The Balaban J connectivity index is 1.59. The lowest BCUT2D eigenvalue weighted by atomic mass is 10.1. The molecule has 0 atom stereocenters. The molecule has 0 N–H and O–H groups in total. The Kier molecular flexibility index (Phi) is 3.66. The monoisotopic (exact) mass is 315 g/mol. The number of aromatic nitrogens is 1. The Morgan fingerprint density at radius 1 is 0.696 bits per heavy atom. The van der Waals surface area contributed by atoms with E-state index in [2.05, 4.69) is 45.5 Å². The zero-order valence-corrected chi connectivity index (χ0v) is 13.1. The van der Waals surface area contributed by atoms with Gasteiger partial charge in [0.05, 0.1) is 27.1 Å². The highest BCUT2D eigenvalue weighted by Gasteiger charge is 2.02. The molecule has 4 heteroatoms. The van der Waals surface area contributed by atoms with Crippen molar-refractivity contribution in [2.45, 2.75) is 0 Å². The molecule has 0 fully saturated rings. The molecule has 0 unspecified atom stereocenters. The van der Waals surface area contributed by atoms with Crippen molar-refractivity contribution in [1.29, 1.82) is 0 Å². The van der Waals surface area contributed by atoms with Gasteiger partial charge in [-0.15, -0.1) is 11.3 Å². The van der Waals surface area contributed by atoms with E-state index in [1.165, 1.54) is 4.70 Å². The van der Waals surface area contributed by atoms with Gasteiger partial charge < -0.3 is 0 Å². The molecule has 23 heavy (non-hydrogen) atoms. The lowest BCUT2D eigenvalue weighted by Crippen LogP contribution is -1.77. The van der Waals surface area contributed by atoms with Gasteiger partial charge in [-0.25, -0.2) is 4.98 Å². The summed E-state index contributed by atoms with van der Waals surface area (Å²) >= 11 is 1.66. The first kappa shape index (κ1) is 13.8. The maximum atomic E-state index is 4.37. The smallest absolute Gasteiger partial charge is 0.0857 e. The number of thiazole rings is 1. The van der Waals surface area contributed by atoms with Crippen molar-refractivity contribution >= 4 is 32.9 Å². The summed E-state index contributed by atoms with van der Waals surface area (Å²) in [5.74, 6) is 0. The minimum atomic E-state index is 0.840. The molecule has 0 radical (unpaired) electrons. The predicted octanol–water partition coefficient (Wildman–Crippen LogP) is 6.38. The summed E-state index contributed by atoms with van der Waals surface area (Å²) < 4.78 is 1.21. The molecule has 1 heterocycles. The van der Waals surface area contributed by atoms with E-state index >= 15 is 0 Å². The SMILES string of the molecule is c1ccc(/N=N/c2ccc(-c3ccc4scnc4c3)cc2)cc1. The van der Waals surface area contributed by atoms with Crippen LogP contribution in [-0.2, 0) is 0 Å². The lowest BCUT2D eigenvalue weighted by molar-refractivity contribution is 1.23. The van der Waals surface area contributed by atoms with Gasteiger partial charge in [-0.3, -0.25) is 0 Å². The fraction of sp³-hybridized carbons (Fsp3) is 0. The minimum Gasteiger partial charge on any atom is -0.245 e. The number of azo groups is 1. The van der Waals surface area contributed by atoms with Gasteiger partial charge in [0, 0.05) is 0 Å². The average molecular weight is 315 g/mol. The summed E-state index contributed by atoms with van der Waals surface area (Å²) in [6.45, 7) is 0. The van der Waals surface area contributed by atoms with Crippen LogP contribution in [0.3, 0.4) is 0 Å². The van der Waals surface area contributed by atoms with Crippen LogP contribution in [-0.4, -0.2) is 4.98 Å². The molecule has 0 aliphatic rings. The second-order valence-electron chi connectivity index (χ2n) is 5.12. The number of hydrogen-bond donors (Lipinski definition) is 0. The quantitative estimate of drug-likeness (QED) is 0.404. The largest absolute Gasteiger partial charge is 0.245 e. The standard InChI is InChI=1S/C19H13N3S/c1-2-4-16(5-3-1)21-22-17-9-6-14(7-10-17)15-8-11-19-18(12-15)20-13-23-19/h1-13H/b22-21+. The molecule has 3 aromatic carbocycles. The number of nitrogens with zero attached hydrogens (tertiary/aromatic N) is 3. The van der Waals surface area contributed by atoms with Crippen LogP contribution in [0.5, 0.6) is 0 Å². The van der Waals surface area contributed by atoms with Crippen molar-refractivity contribution in [2.24, 2.45) is 10.2 Å². The summed E-state index contributed by atoms with van der Waals surface area (Å²) in [6, 6.07) is 24.2. The van der Waals surface area contributed by atoms with Gasteiger partial charge >= 0.3 is 0 Å². The fourth-order valence-corrected chi connectivity index (χ4v) is 3.03. The second kappa shape index (κ2) is 6.10. The fourth-order valence-electron chi connectivity index (χ4n) is 2.37. The molecule has 4 aromatic rings. The van der Waals surface area contributed by atoms with Crippen LogP contribution in [0.2, 0.25) is 0 Å². The highest BCUT2D eigenvalue weighted by Crippen LogP contribution is 2.27. The molecule has 3 nitrogen and oxygen atoms in total. The van der Waals surface area contributed by atoms with Crippen LogP contribution in [0.25, 0.3) is 21.3 Å². The van der Waals surface area contributed by atoms with Crippen LogP contribution >= 0.6 is 11.3 Å². The summed E-state index contributed by atoms with van der Waals surface area (Å²) in [5.41, 5.74) is 6.92. The molecule has 0 saturated heterocycles. The Bertz CT molecular complexity index is 957. The van der Waals surface area contributed by atoms with Crippen LogP contribution in [0.4, 0.5) is 11.4 Å². The molecular formula is C19H13N3S. The van der Waals surface area contributed by atoms with Gasteiger partial charge in [0.15, 0.2) is 0 Å². The van der Waals surface area contributed by atoms with E-state index < -0.39 is 0 Å². The van der Waals surface area contributed by atoms with Crippen molar-refractivity contribution in [3.05, 3.63) is 78.3 Å². The van der Waals surface area contributed by atoms with Crippen molar-refractivity contribution < 1.29 is 0 Å². The van der Waals surface area contributed by atoms with Crippen LogP contribution in [0.1, 0.15) is 0 Å². The lowest BCUT2D eigenvalue weighted by Gasteiger charge is -2.02. The number of rotatable bonds is 3. The highest BCUT2D eigenvalue weighted by molar-refractivity contribution is 7.16. The third-order valence-corrected chi connectivity index (χ3v) is 4.38. The molecule has 1 aromatic heterocycles. The average Bonchev–Trinajstić information content (AvgIpc) is 3.09. The first-order valence-electron chi connectivity index (χ1n) is 7.29. The summed E-state index contributed by atoms with van der Waals surface area (Å²) in [6.07, 6.45) is 0. The molecule has 4 rings (SSSR count). The molecule has 0 spiro atoms. The molecule has 0 aliphatic carbocycles. The first-order chi connectivity index (χ1) is 11.4. The van der Waals surface area contributed by atoms with Gasteiger partial charge in [-0.2, -0.15) is 10.2 Å². The van der Waals surface area contributed by atoms with Gasteiger partial charge in [0.1, 0.15) is 0 Å². The first-order valence-corrected chi connectivity index (χ1v) is 8.17. The third-order valence-electron chi connectivity index (χ3n) is 3.57. The van der Waals surface area contributed by atoms with E-state index in [4.69, 9.17) is 0 Å². The maximum absolute atomic E-state index is 4.37. The Morgan fingerprint density at radius 2 is 1.39 bits per heavy atom. The predicted molar refractivity (Wildman–Crippen MR) is 95.7 cm³/mol. The number of fused-ring (bicyclic) bond motifs is 1. The minimum absolute atomic E-state index is 0.840. The molecular weight excluding hydrogens is 302 g/mol. The van der Waals surface area contributed by atoms with Crippen LogP contribution in [0, 0.1) is 0 Å². The van der Waals surface area contributed by atoms with E-state index in [1.54, 1.807) is 11.3 Å². The van der Waals surface area contributed by atoms with Crippen molar-refractivity contribution in [3.8, 4) is 11.1 Å². The van der Waals surface area contributed by atoms with Gasteiger partial charge in [-0.05, 0) is 47.5 Å². The second-order valence-corrected chi connectivity index (χ2v) is 6.00. The van der Waals surface area contributed by atoms with Gasteiger partial charge in [-0.1, -0.05) is 36.4 Å². The Morgan fingerprint density at radius 3 is 2.17 bits per heavy atom. The van der Waals surface area contributed by atoms with Gasteiger partial charge in [0.2, 0.25) is 0 Å². The summed E-state index contributed by atoms with van der Waals surface area (Å²) in [5, 5.41) is 8.50. The van der Waals surface area contributed by atoms with Gasteiger partial charge in [0.25, 0.3) is 0 Å². The van der Waals surface area contributed by atoms with Crippen molar-refractivity contribution in [1.82, 2.24) is 4.98 Å². The number of benzene rings is 3. The molecule has 0 amide bonds. The molecule has 0 bridgehead atoms. The maximum Gasteiger partial charge on any atom is 0.0857 e. The zero-order valence-electron chi connectivity index (χ0n) is 12.3. The Hall–Kier alpha value is -2.85. The third kappa shape index (κ3) is 3.03. The van der Waals surface area contributed by atoms with Crippen molar-refractivity contribution in [2.75, 3.05) is 0 Å². The van der Waals surface area contributed by atoms with Crippen molar-refractivity contribution in [3.63, 3.8) is 0 Å². The summed E-state index contributed by atoms with van der Waals surface area (Å²) in [4.78, 5) is 4.37. The Labute approximate surface area is 138 Å². The topological polar surface area (TPSA) is 37.6 Å². The molecule has 110 valence electrons. The molecule has 0 saturated carbocycles. The van der Waals surface area contributed by atoms with E-state index in [0.717, 1.165) is 28.0 Å². The van der Waals surface area contributed by atoms with Crippen LogP contribution < -0.4 is 0 Å².